The monoisotopic (exact) mass is 255 g/mol. The minimum Gasteiger partial charge on any atom is -0.337 e. The summed E-state index contributed by atoms with van der Waals surface area (Å²) < 4.78 is 0. The predicted octanol–water partition coefficient (Wildman–Crippen LogP) is 2.65. The Labute approximate surface area is 112 Å². The molecule has 4 heteroatoms. The first-order chi connectivity index (χ1) is 9.34. The standard InChI is InChI=1S/C15H17N3O/c19-15(18-9-5-1-2-6-10-18)14-11-12-7-3-4-8-13(12)16-17-14/h3-4,7-8,11H,1-2,5-6,9-10H2. The van der Waals surface area contributed by atoms with Crippen LogP contribution in [-0.2, 0) is 0 Å². The van der Waals surface area contributed by atoms with Crippen LogP contribution in [0.25, 0.3) is 10.9 Å². The topological polar surface area (TPSA) is 46.1 Å². The van der Waals surface area contributed by atoms with Crippen LogP contribution in [0.2, 0.25) is 0 Å². The van der Waals surface area contributed by atoms with Crippen molar-refractivity contribution in [2.45, 2.75) is 25.7 Å². The van der Waals surface area contributed by atoms with E-state index in [4.69, 9.17) is 0 Å². The van der Waals surface area contributed by atoms with Crippen LogP contribution in [0, 0.1) is 0 Å². The molecule has 0 atom stereocenters. The summed E-state index contributed by atoms with van der Waals surface area (Å²) in [4.78, 5) is 14.3. The van der Waals surface area contributed by atoms with Crippen LogP contribution in [0.3, 0.4) is 0 Å². The number of hydrogen-bond acceptors (Lipinski definition) is 3. The van der Waals surface area contributed by atoms with E-state index in [1.807, 2.05) is 35.2 Å². The summed E-state index contributed by atoms with van der Waals surface area (Å²) in [5.41, 5.74) is 1.29. The van der Waals surface area contributed by atoms with Crippen LogP contribution >= 0.6 is 0 Å². The number of amides is 1. The Morgan fingerprint density at radius 2 is 1.74 bits per heavy atom. The molecule has 0 aliphatic carbocycles. The fourth-order valence-corrected chi connectivity index (χ4v) is 2.52. The van der Waals surface area contributed by atoms with E-state index in [-0.39, 0.29) is 5.91 Å². The van der Waals surface area contributed by atoms with Gasteiger partial charge >= 0.3 is 0 Å². The van der Waals surface area contributed by atoms with Gasteiger partial charge in [0.05, 0.1) is 5.52 Å². The first-order valence-electron chi connectivity index (χ1n) is 6.86. The van der Waals surface area contributed by atoms with Gasteiger partial charge < -0.3 is 4.90 Å². The van der Waals surface area contributed by atoms with E-state index in [0.29, 0.717) is 5.69 Å². The Morgan fingerprint density at radius 3 is 2.53 bits per heavy atom. The highest BCUT2D eigenvalue weighted by atomic mass is 16.2. The highest BCUT2D eigenvalue weighted by Gasteiger charge is 2.19. The molecule has 1 amide bonds. The van der Waals surface area contributed by atoms with Crippen molar-refractivity contribution in [1.29, 1.82) is 0 Å². The molecule has 0 bridgehead atoms. The zero-order chi connectivity index (χ0) is 13.1. The number of hydrogen-bond donors (Lipinski definition) is 0. The predicted molar refractivity (Wildman–Crippen MR) is 73.9 cm³/mol. The second-order valence-corrected chi connectivity index (χ2v) is 4.99. The van der Waals surface area contributed by atoms with Gasteiger partial charge in [-0.15, -0.1) is 10.2 Å². The van der Waals surface area contributed by atoms with Gasteiger partial charge in [-0.25, -0.2) is 0 Å². The molecule has 1 aromatic carbocycles. The van der Waals surface area contributed by atoms with Crippen molar-refractivity contribution in [2.24, 2.45) is 0 Å². The molecule has 0 radical (unpaired) electrons. The van der Waals surface area contributed by atoms with Gasteiger partial charge in [0.1, 0.15) is 0 Å². The summed E-state index contributed by atoms with van der Waals surface area (Å²) >= 11 is 0. The van der Waals surface area contributed by atoms with Gasteiger partial charge in [0, 0.05) is 18.5 Å². The molecule has 2 aromatic rings. The van der Waals surface area contributed by atoms with Crippen LogP contribution in [-0.4, -0.2) is 34.1 Å². The van der Waals surface area contributed by atoms with Crippen molar-refractivity contribution in [3.63, 3.8) is 0 Å². The Hall–Kier alpha value is -1.97. The third-order valence-electron chi connectivity index (χ3n) is 3.61. The zero-order valence-corrected chi connectivity index (χ0v) is 10.9. The fraction of sp³-hybridized carbons (Fsp3) is 0.400. The van der Waals surface area contributed by atoms with Gasteiger partial charge in [0.2, 0.25) is 0 Å². The maximum Gasteiger partial charge on any atom is 0.274 e. The number of fused-ring (bicyclic) bond motifs is 1. The summed E-state index contributed by atoms with van der Waals surface area (Å²) in [6.07, 6.45) is 4.61. The summed E-state index contributed by atoms with van der Waals surface area (Å²) in [6.45, 7) is 1.68. The zero-order valence-electron chi connectivity index (χ0n) is 10.9. The van der Waals surface area contributed by atoms with E-state index in [9.17, 15) is 4.79 Å². The van der Waals surface area contributed by atoms with Gasteiger partial charge in [0.15, 0.2) is 5.69 Å². The van der Waals surface area contributed by atoms with Gasteiger partial charge in [-0.2, -0.15) is 0 Å². The molecular weight excluding hydrogens is 238 g/mol. The van der Waals surface area contributed by atoms with Gasteiger partial charge in [-0.3, -0.25) is 4.79 Å². The molecule has 0 saturated carbocycles. The average Bonchev–Trinajstić information content (AvgIpc) is 2.75. The van der Waals surface area contributed by atoms with E-state index < -0.39 is 0 Å². The molecule has 19 heavy (non-hydrogen) atoms. The largest absolute Gasteiger partial charge is 0.337 e. The Balaban J connectivity index is 1.88. The van der Waals surface area contributed by atoms with E-state index in [0.717, 1.165) is 36.8 Å². The van der Waals surface area contributed by atoms with Crippen molar-refractivity contribution in [3.05, 3.63) is 36.0 Å². The van der Waals surface area contributed by atoms with Crippen molar-refractivity contribution in [3.8, 4) is 0 Å². The van der Waals surface area contributed by atoms with Gasteiger partial charge in [-0.05, 0) is 25.0 Å². The van der Waals surface area contributed by atoms with Gasteiger partial charge in [-0.1, -0.05) is 31.0 Å². The highest BCUT2D eigenvalue weighted by molar-refractivity contribution is 5.95. The number of benzene rings is 1. The Morgan fingerprint density at radius 1 is 1.00 bits per heavy atom. The second-order valence-electron chi connectivity index (χ2n) is 4.99. The lowest BCUT2D eigenvalue weighted by Gasteiger charge is -2.19. The molecule has 1 aliphatic heterocycles. The summed E-state index contributed by atoms with van der Waals surface area (Å²) in [6, 6.07) is 9.58. The first kappa shape index (κ1) is 12.1. The molecular formula is C15H17N3O. The van der Waals surface area contributed by atoms with Crippen molar-refractivity contribution < 1.29 is 4.79 Å². The van der Waals surface area contributed by atoms with E-state index in [1.165, 1.54) is 12.8 Å². The van der Waals surface area contributed by atoms with Crippen LogP contribution in [0.5, 0.6) is 0 Å². The number of carbonyl (C=O) groups excluding carboxylic acids is 1. The second kappa shape index (κ2) is 5.34. The molecule has 4 nitrogen and oxygen atoms in total. The summed E-state index contributed by atoms with van der Waals surface area (Å²) in [7, 11) is 0. The lowest BCUT2D eigenvalue weighted by atomic mass is 10.2. The number of rotatable bonds is 1. The molecule has 1 saturated heterocycles. The molecule has 1 aliphatic rings. The van der Waals surface area contributed by atoms with E-state index in [1.54, 1.807) is 0 Å². The van der Waals surface area contributed by atoms with E-state index in [2.05, 4.69) is 10.2 Å². The van der Waals surface area contributed by atoms with Crippen LogP contribution in [0.4, 0.5) is 0 Å². The van der Waals surface area contributed by atoms with Crippen LogP contribution in [0.15, 0.2) is 30.3 Å². The Bertz CT molecular complexity index is 589. The normalized spacial score (nSPS) is 16.3. The third-order valence-corrected chi connectivity index (χ3v) is 3.61. The summed E-state index contributed by atoms with van der Waals surface area (Å²) in [5, 5.41) is 9.16. The molecule has 1 fully saturated rings. The average molecular weight is 255 g/mol. The van der Waals surface area contributed by atoms with Gasteiger partial charge in [0.25, 0.3) is 5.91 Å². The summed E-state index contributed by atoms with van der Waals surface area (Å²) in [5.74, 6) is 0.0140. The quantitative estimate of drug-likeness (QED) is 0.787. The van der Waals surface area contributed by atoms with Crippen molar-refractivity contribution >= 4 is 16.8 Å². The smallest absolute Gasteiger partial charge is 0.274 e. The van der Waals surface area contributed by atoms with E-state index >= 15 is 0 Å². The molecule has 0 spiro atoms. The highest BCUT2D eigenvalue weighted by Crippen LogP contribution is 2.15. The van der Waals surface area contributed by atoms with Crippen molar-refractivity contribution in [1.82, 2.24) is 15.1 Å². The molecule has 0 unspecified atom stereocenters. The molecule has 0 N–H and O–H groups in total. The van der Waals surface area contributed by atoms with Crippen LogP contribution < -0.4 is 0 Å². The molecule has 98 valence electrons. The number of likely N-dealkylation sites (tertiary alicyclic amines) is 1. The maximum absolute atomic E-state index is 12.4. The SMILES string of the molecule is O=C(c1cc2ccccc2nn1)N1CCCCCC1. The fourth-order valence-electron chi connectivity index (χ4n) is 2.52. The third kappa shape index (κ3) is 2.57. The number of carbonyl (C=O) groups is 1. The molecule has 3 rings (SSSR count). The lowest BCUT2D eigenvalue weighted by molar-refractivity contribution is 0.0755. The molecule has 2 heterocycles. The first-order valence-corrected chi connectivity index (χ1v) is 6.86. The minimum atomic E-state index is 0.0140. The number of nitrogens with zero attached hydrogens (tertiary/aromatic N) is 3. The van der Waals surface area contributed by atoms with Crippen molar-refractivity contribution in [2.75, 3.05) is 13.1 Å². The number of aromatic nitrogens is 2. The minimum absolute atomic E-state index is 0.0140. The maximum atomic E-state index is 12.4. The Kier molecular flexibility index (Phi) is 3.40. The lowest BCUT2D eigenvalue weighted by Crippen LogP contribution is -2.32. The molecule has 1 aromatic heterocycles. The van der Waals surface area contributed by atoms with Crippen LogP contribution in [0.1, 0.15) is 36.2 Å².